The van der Waals surface area contributed by atoms with Crippen LogP contribution >= 0.6 is 11.6 Å². The number of nitrogens with zero attached hydrogens (tertiary/aromatic N) is 2. The van der Waals surface area contributed by atoms with Gasteiger partial charge in [0.15, 0.2) is 0 Å². The van der Waals surface area contributed by atoms with Crippen LogP contribution in [-0.4, -0.2) is 22.4 Å². The molecule has 132 valence electrons. The monoisotopic (exact) mass is 366 g/mol. The summed E-state index contributed by atoms with van der Waals surface area (Å²) in [5.41, 5.74) is 3.30. The predicted octanol–water partition coefficient (Wildman–Crippen LogP) is 4.35. The summed E-state index contributed by atoms with van der Waals surface area (Å²) in [4.78, 5) is 20.8. The lowest BCUT2D eigenvalue weighted by Crippen LogP contribution is -2.16. The summed E-state index contributed by atoms with van der Waals surface area (Å²) in [6.45, 7) is 2.63. The van der Waals surface area contributed by atoms with Gasteiger partial charge in [-0.1, -0.05) is 35.9 Å². The predicted molar refractivity (Wildman–Crippen MR) is 105 cm³/mol. The normalized spacial score (nSPS) is 10.4. The average molecular weight is 367 g/mol. The molecule has 0 saturated carbocycles. The van der Waals surface area contributed by atoms with E-state index in [1.165, 1.54) is 0 Å². The van der Waals surface area contributed by atoms with Crippen molar-refractivity contribution in [3.05, 3.63) is 82.6 Å². The molecule has 0 bridgehead atoms. The molecule has 1 aromatic heterocycles. The average Bonchev–Trinajstić information content (AvgIpc) is 2.64. The van der Waals surface area contributed by atoms with E-state index in [4.69, 9.17) is 11.6 Å². The SMILES string of the molecule is Cc1cccc(NC(=O)c2ccnc(NCCc3ccc(Cl)cc3)n2)c1. The van der Waals surface area contributed by atoms with E-state index in [1.54, 1.807) is 12.3 Å². The third-order valence-electron chi connectivity index (χ3n) is 3.77. The van der Waals surface area contributed by atoms with Gasteiger partial charge in [0.25, 0.3) is 5.91 Å². The highest BCUT2D eigenvalue weighted by Crippen LogP contribution is 2.12. The molecule has 1 amide bonds. The molecule has 0 fully saturated rings. The second-order valence-corrected chi connectivity index (χ2v) is 6.33. The molecule has 0 unspecified atom stereocenters. The lowest BCUT2D eigenvalue weighted by Gasteiger charge is -2.08. The minimum absolute atomic E-state index is 0.265. The smallest absolute Gasteiger partial charge is 0.274 e. The molecular formula is C20H19ClN4O. The summed E-state index contributed by atoms with van der Waals surface area (Å²) in [5, 5.41) is 6.70. The van der Waals surface area contributed by atoms with Gasteiger partial charge >= 0.3 is 0 Å². The number of rotatable bonds is 6. The maximum absolute atomic E-state index is 12.4. The van der Waals surface area contributed by atoms with Gasteiger partial charge in [0.05, 0.1) is 0 Å². The van der Waals surface area contributed by atoms with Crippen LogP contribution in [-0.2, 0) is 6.42 Å². The van der Waals surface area contributed by atoms with Crippen molar-refractivity contribution in [3.8, 4) is 0 Å². The van der Waals surface area contributed by atoms with Crippen molar-refractivity contribution in [1.82, 2.24) is 9.97 Å². The Morgan fingerprint density at radius 1 is 1.12 bits per heavy atom. The topological polar surface area (TPSA) is 66.9 Å². The first-order chi connectivity index (χ1) is 12.6. The molecule has 26 heavy (non-hydrogen) atoms. The van der Waals surface area contributed by atoms with Gasteiger partial charge in [-0.2, -0.15) is 0 Å². The summed E-state index contributed by atoms with van der Waals surface area (Å²) in [6, 6.07) is 16.9. The lowest BCUT2D eigenvalue weighted by molar-refractivity contribution is 0.102. The van der Waals surface area contributed by atoms with Crippen LogP contribution in [0.3, 0.4) is 0 Å². The zero-order valence-electron chi connectivity index (χ0n) is 14.4. The van der Waals surface area contributed by atoms with E-state index in [9.17, 15) is 4.79 Å². The van der Waals surface area contributed by atoms with Gasteiger partial charge in [0, 0.05) is 23.5 Å². The number of anilines is 2. The number of hydrogen-bond donors (Lipinski definition) is 2. The van der Waals surface area contributed by atoms with Crippen LogP contribution in [0, 0.1) is 6.92 Å². The molecular weight excluding hydrogens is 348 g/mol. The Kier molecular flexibility index (Phi) is 5.81. The van der Waals surface area contributed by atoms with Gasteiger partial charge in [0.2, 0.25) is 5.95 Å². The van der Waals surface area contributed by atoms with Crippen LogP contribution < -0.4 is 10.6 Å². The fraction of sp³-hybridized carbons (Fsp3) is 0.150. The van der Waals surface area contributed by atoms with Crippen molar-refractivity contribution in [3.63, 3.8) is 0 Å². The largest absolute Gasteiger partial charge is 0.354 e. The number of carbonyl (C=O) groups excluding carboxylic acids is 1. The first kappa shape index (κ1) is 17.9. The van der Waals surface area contributed by atoms with Gasteiger partial charge < -0.3 is 10.6 Å². The molecule has 0 aliphatic carbocycles. The van der Waals surface area contributed by atoms with Gasteiger partial charge in [0.1, 0.15) is 5.69 Å². The molecule has 6 heteroatoms. The zero-order chi connectivity index (χ0) is 18.4. The zero-order valence-corrected chi connectivity index (χ0v) is 15.1. The molecule has 2 N–H and O–H groups in total. The fourth-order valence-corrected chi connectivity index (χ4v) is 2.58. The van der Waals surface area contributed by atoms with Gasteiger partial charge in [-0.25, -0.2) is 9.97 Å². The van der Waals surface area contributed by atoms with Crippen LogP contribution in [0.1, 0.15) is 21.6 Å². The van der Waals surface area contributed by atoms with Crippen LogP contribution in [0.25, 0.3) is 0 Å². The van der Waals surface area contributed by atoms with Gasteiger partial charge in [-0.05, 0) is 54.8 Å². The molecule has 3 rings (SSSR count). The third kappa shape index (κ3) is 5.04. The highest BCUT2D eigenvalue weighted by Gasteiger charge is 2.09. The Balaban J connectivity index is 1.58. The Morgan fingerprint density at radius 2 is 1.92 bits per heavy atom. The van der Waals surface area contributed by atoms with Crippen LogP contribution in [0.4, 0.5) is 11.6 Å². The number of nitrogens with one attached hydrogen (secondary N) is 2. The van der Waals surface area contributed by atoms with Crippen molar-refractivity contribution >= 4 is 29.1 Å². The number of carbonyl (C=O) groups is 1. The Bertz CT molecular complexity index is 896. The van der Waals surface area contributed by atoms with Gasteiger partial charge in [-0.3, -0.25) is 4.79 Å². The molecule has 3 aromatic rings. The Labute approximate surface area is 157 Å². The lowest BCUT2D eigenvalue weighted by atomic mass is 10.1. The second-order valence-electron chi connectivity index (χ2n) is 5.89. The maximum Gasteiger partial charge on any atom is 0.274 e. The van der Waals surface area contributed by atoms with E-state index in [2.05, 4.69) is 20.6 Å². The molecule has 0 atom stereocenters. The third-order valence-corrected chi connectivity index (χ3v) is 4.03. The maximum atomic E-state index is 12.4. The Morgan fingerprint density at radius 3 is 2.69 bits per heavy atom. The standard InChI is InChI=1S/C20H19ClN4O/c1-14-3-2-4-17(13-14)24-19(26)18-10-12-23-20(25-18)22-11-9-15-5-7-16(21)8-6-15/h2-8,10,12-13H,9,11H2,1H3,(H,24,26)(H,22,23,25). The van der Waals surface area contributed by atoms with Crippen molar-refractivity contribution < 1.29 is 4.79 Å². The van der Waals surface area contributed by atoms with E-state index in [0.29, 0.717) is 18.2 Å². The number of aryl methyl sites for hydroxylation is 1. The van der Waals surface area contributed by atoms with Crippen LogP contribution in [0.15, 0.2) is 60.8 Å². The van der Waals surface area contributed by atoms with Crippen molar-refractivity contribution in [1.29, 1.82) is 0 Å². The van der Waals surface area contributed by atoms with E-state index in [-0.39, 0.29) is 5.91 Å². The summed E-state index contributed by atoms with van der Waals surface area (Å²) >= 11 is 5.88. The minimum atomic E-state index is -0.265. The summed E-state index contributed by atoms with van der Waals surface area (Å²) < 4.78 is 0. The summed E-state index contributed by atoms with van der Waals surface area (Å²) in [7, 11) is 0. The number of amides is 1. The summed E-state index contributed by atoms with van der Waals surface area (Å²) in [5.74, 6) is 0.162. The molecule has 0 aliphatic heterocycles. The first-order valence-corrected chi connectivity index (χ1v) is 8.67. The number of aromatic nitrogens is 2. The number of hydrogen-bond acceptors (Lipinski definition) is 4. The van der Waals surface area contributed by atoms with Crippen molar-refractivity contribution in [2.45, 2.75) is 13.3 Å². The van der Waals surface area contributed by atoms with E-state index in [1.807, 2.05) is 55.5 Å². The second kappa shape index (κ2) is 8.45. The first-order valence-electron chi connectivity index (χ1n) is 8.29. The van der Waals surface area contributed by atoms with Crippen LogP contribution in [0.2, 0.25) is 5.02 Å². The number of halogens is 1. The Hall–Kier alpha value is -2.92. The van der Waals surface area contributed by atoms with Crippen molar-refractivity contribution in [2.75, 3.05) is 17.2 Å². The van der Waals surface area contributed by atoms with E-state index >= 15 is 0 Å². The van der Waals surface area contributed by atoms with Crippen LogP contribution in [0.5, 0.6) is 0 Å². The summed E-state index contributed by atoms with van der Waals surface area (Å²) in [6.07, 6.45) is 2.38. The molecule has 2 aromatic carbocycles. The van der Waals surface area contributed by atoms with Crippen molar-refractivity contribution in [2.24, 2.45) is 0 Å². The molecule has 5 nitrogen and oxygen atoms in total. The number of benzene rings is 2. The fourth-order valence-electron chi connectivity index (χ4n) is 2.46. The molecule has 0 radical (unpaired) electrons. The highest BCUT2D eigenvalue weighted by molar-refractivity contribution is 6.30. The molecule has 0 saturated heterocycles. The molecule has 0 aliphatic rings. The molecule has 0 spiro atoms. The quantitative estimate of drug-likeness (QED) is 0.680. The van der Waals surface area contributed by atoms with E-state index < -0.39 is 0 Å². The van der Waals surface area contributed by atoms with Gasteiger partial charge in [-0.15, -0.1) is 0 Å². The minimum Gasteiger partial charge on any atom is -0.354 e. The van der Waals surface area contributed by atoms with E-state index in [0.717, 1.165) is 28.3 Å². The highest BCUT2D eigenvalue weighted by atomic mass is 35.5. The molecule has 1 heterocycles.